The molecule has 0 aliphatic carbocycles. The summed E-state index contributed by atoms with van der Waals surface area (Å²) in [6, 6.07) is 0. The molecule has 11 heavy (non-hydrogen) atoms. The van der Waals surface area contributed by atoms with E-state index < -0.39 is 15.3 Å². The van der Waals surface area contributed by atoms with E-state index in [1.165, 1.54) is 0 Å². The Morgan fingerprint density at radius 3 is 2.64 bits per heavy atom. The Morgan fingerprint density at radius 2 is 2.27 bits per heavy atom. The molecule has 0 saturated carbocycles. The number of rotatable bonds is 2. The van der Waals surface area contributed by atoms with Crippen molar-refractivity contribution in [1.29, 1.82) is 0 Å². The van der Waals surface area contributed by atoms with Gasteiger partial charge in [0.1, 0.15) is 0 Å². The van der Waals surface area contributed by atoms with Crippen LogP contribution in [0.1, 0.15) is 13.3 Å². The van der Waals surface area contributed by atoms with Crippen LogP contribution in [0.3, 0.4) is 0 Å². The van der Waals surface area contributed by atoms with E-state index in [2.05, 4.69) is 0 Å². The highest BCUT2D eigenvalue weighted by Gasteiger charge is 2.29. The first kappa shape index (κ1) is 8.96. The van der Waals surface area contributed by atoms with E-state index in [0.29, 0.717) is 13.2 Å². The van der Waals surface area contributed by atoms with Gasteiger partial charge in [0.25, 0.3) is 0 Å². The van der Waals surface area contributed by atoms with Crippen molar-refractivity contribution >= 4 is 10.0 Å². The number of sulfonamides is 1. The molecule has 0 bridgehead atoms. The molecule has 0 radical (unpaired) electrons. The summed E-state index contributed by atoms with van der Waals surface area (Å²) in [4.78, 5) is 0. The average molecular weight is 179 g/mol. The second-order valence-corrected chi connectivity index (χ2v) is 4.84. The van der Waals surface area contributed by atoms with Gasteiger partial charge in [0.15, 0.2) is 0 Å². The maximum Gasteiger partial charge on any atom is 0.212 e. The molecule has 5 heteroatoms. The Kier molecular flexibility index (Phi) is 2.51. The Bertz CT molecular complexity index is 218. The third-order valence-corrected chi connectivity index (χ3v) is 3.57. The third kappa shape index (κ3) is 2.15. The van der Waals surface area contributed by atoms with Crippen LogP contribution in [0, 0.1) is 5.92 Å². The van der Waals surface area contributed by atoms with Crippen molar-refractivity contribution in [2.75, 3.05) is 13.2 Å². The van der Waals surface area contributed by atoms with Gasteiger partial charge in [-0.05, 0) is 13.3 Å². The fourth-order valence-electron chi connectivity index (χ4n) is 1.19. The van der Waals surface area contributed by atoms with Crippen LogP contribution in [-0.2, 0) is 14.8 Å². The Morgan fingerprint density at radius 1 is 1.64 bits per heavy atom. The molecule has 0 aromatic carbocycles. The molecule has 1 saturated heterocycles. The van der Waals surface area contributed by atoms with Crippen LogP contribution in [0.5, 0.6) is 0 Å². The molecule has 4 nitrogen and oxygen atoms in total. The molecule has 1 fully saturated rings. The summed E-state index contributed by atoms with van der Waals surface area (Å²) in [5.41, 5.74) is 0. The predicted molar refractivity (Wildman–Crippen MR) is 41.5 cm³/mol. The molecule has 0 aromatic rings. The smallest absolute Gasteiger partial charge is 0.212 e. The van der Waals surface area contributed by atoms with Crippen LogP contribution in [0.2, 0.25) is 0 Å². The molecule has 1 heterocycles. The normalized spacial score (nSPS) is 28.7. The molecule has 2 N–H and O–H groups in total. The van der Waals surface area contributed by atoms with Crippen LogP contribution >= 0.6 is 0 Å². The van der Waals surface area contributed by atoms with E-state index in [1.807, 2.05) is 0 Å². The first-order valence-electron chi connectivity index (χ1n) is 3.61. The summed E-state index contributed by atoms with van der Waals surface area (Å²) < 4.78 is 26.7. The van der Waals surface area contributed by atoms with Crippen molar-refractivity contribution in [2.24, 2.45) is 11.1 Å². The van der Waals surface area contributed by atoms with Gasteiger partial charge < -0.3 is 4.74 Å². The quantitative estimate of drug-likeness (QED) is 0.632. The van der Waals surface area contributed by atoms with Crippen LogP contribution in [0.15, 0.2) is 0 Å². The van der Waals surface area contributed by atoms with Crippen molar-refractivity contribution < 1.29 is 13.2 Å². The van der Waals surface area contributed by atoms with Crippen LogP contribution in [-0.4, -0.2) is 26.9 Å². The zero-order valence-corrected chi connectivity index (χ0v) is 7.30. The number of nitrogens with two attached hydrogens (primary N) is 1. The van der Waals surface area contributed by atoms with E-state index in [-0.39, 0.29) is 5.92 Å². The average Bonchev–Trinajstić information content (AvgIpc) is 2.34. The molecular weight excluding hydrogens is 166 g/mol. The molecule has 1 aliphatic heterocycles. The van der Waals surface area contributed by atoms with Gasteiger partial charge in [-0.25, -0.2) is 13.6 Å². The van der Waals surface area contributed by atoms with E-state index >= 15 is 0 Å². The van der Waals surface area contributed by atoms with E-state index in [4.69, 9.17) is 9.88 Å². The SMILES string of the molecule is CC(C1CCOC1)S(N)(=O)=O. The summed E-state index contributed by atoms with van der Waals surface area (Å²) in [7, 11) is -3.37. The van der Waals surface area contributed by atoms with Gasteiger partial charge in [-0.3, -0.25) is 0 Å². The van der Waals surface area contributed by atoms with Gasteiger partial charge in [0.2, 0.25) is 10.0 Å². The monoisotopic (exact) mass is 179 g/mol. The zero-order valence-electron chi connectivity index (χ0n) is 6.49. The predicted octanol–water partition coefficient (Wildman–Crippen LogP) is -0.300. The van der Waals surface area contributed by atoms with Gasteiger partial charge in [-0.2, -0.15) is 0 Å². The summed E-state index contributed by atoms with van der Waals surface area (Å²) in [5.74, 6) is 0.0880. The van der Waals surface area contributed by atoms with Crippen LogP contribution in [0.4, 0.5) is 0 Å². The van der Waals surface area contributed by atoms with Crippen molar-refractivity contribution in [2.45, 2.75) is 18.6 Å². The number of ether oxygens (including phenoxy) is 1. The van der Waals surface area contributed by atoms with Gasteiger partial charge in [0.05, 0.1) is 11.9 Å². The Balaban J connectivity index is 2.60. The van der Waals surface area contributed by atoms with E-state index in [0.717, 1.165) is 6.42 Å². The highest BCUT2D eigenvalue weighted by atomic mass is 32.2. The number of hydrogen-bond acceptors (Lipinski definition) is 3. The minimum absolute atomic E-state index is 0.0880. The second kappa shape index (κ2) is 3.08. The molecule has 2 unspecified atom stereocenters. The lowest BCUT2D eigenvalue weighted by molar-refractivity contribution is 0.185. The van der Waals surface area contributed by atoms with E-state index in [9.17, 15) is 8.42 Å². The minimum atomic E-state index is -3.37. The standard InChI is InChI=1S/C6H13NO3S/c1-5(11(7,8)9)6-2-3-10-4-6/h5-6H,2-4H2,1H3,(H2,7,8,9). The summed E-state index contributed by atoms with van der Waals surface area (Å²) in [6.45, 7) is 2.82. The van der Waals surface area contributed by atoms with Gasteiger partial charge in [-0.15, -0.1) is 0 Å². The molecule has 1 rings (SSSR count). The largest absolute Gasteiger partial charge is 0.381 e. The first-order valence-corrected chi connectivity index (χ1v) is 5.22. The first-order chi connectivity index (χ1) is 5.02. The van der Waals surface area contributed by atoms with Gasteiger partial charge in [0, 0.05) is 12.5 Å². The van der Waals surface area contributed by atoms with Crippen molar-refractivity contribution in [3.8, 4) is 0 Å². The topological polar surface area (TPSA) is 69.4 Å². The zero-order chi connectivity index (χ0) is 8.48. The molecular formula is C6H13NO3S. The molecule has 0 spiro atoms. The number of hydrogen-bond donors (Lipinski definition) is 1. The molecule has 0 amide bonds. The third-order valence-electron chi connectivity index (χ3n) is 2.15. The van der Waals surface area contributed by atoms with Crippen molar-refractivity contribution in [1.82, 2.24) is 0 Å². The Labute approximate surface area is 66.8 Å². The van der Waals surface area contributed by atoms with Gasteiger partial charge in [-0.1, -0.05) is 0 Å². The summed E-state index contributed by atoms with van der Waals surface area (Å²) >= 11 is 0. The van der Waals surface area contributed by atoms with E-state index in [1.54, 1.807) is 6.92 Å². The fraction of sp³-hybridized carbons (Fsp3) is 1.00. The number of primary sulfonamides is 1. The lowest BCUT2D eigenvalue weighted by atomic mass is 10.1. The van der Waals surface area contributed by atoms with Crippen molar-refractivity contribution in [3.63, 3.8) is 0 Å². The summed E-state index contributed by atoms with van der Waals surface area (Å²) in [6.07, 6.45) is 0.803. The molecule has 66 valence electrons. The second-order valence-electron chi connectivity index (χ2n) is 2.92. The minimum Gasteiger partial charge on any atom is -0.381 e. The highest BCUT2D eigenvalue weighted by molar-refractivity contribution is 7.89. The molecule has 0 aromatic heterocycles. The molecule has 2 atom stereocenters. The lowest BCUT2D eigenvalue weighted by Gasteiger charge is -2.14. The van der Waals surface area contributed by atoms with Crippen LogP contribution in [0.25, 0.3) is 0 Å². The van der Waals surface area contributed by atoms with Gasteiger partial charge >= 0.3 is 0 Å². The lowest BCUT2D eigenvalue weighted by Crippen LogP contribution is -2.32. The maximum atomic E-state index is 10.8. The highest BCUT2D eigenvalue weighted by Crippen LogP contribution is 2.20. The molecule has 1 aliphatic rings. The van der Waals surface area contributed by atoms with Crippen LogP contribution < -0.4 is 5.14 Å². The summed E-state index contributed by atoms with van der Waals surface area (Å²) in [5, 5.41) is 4.51. The maximum absolute atomic E-state index is 10.8. The van der Waals surface area contributed by atoms with Crippen molar-refractivity contribution in [3.05, 3.63) is 0 Å². The fourth-order valence-corrected chi connectivity index (χ4v) is 1.94. The Hall–Kier alpha value is -0.130.